The second-order valence-electron chi connectivity index (χ2n) is 4.89. The van der Waals surface area contributed by atoms with Gasteiger partial charge in [-0.3, -0.25) is 9.98 Å². The molecule has 1 aromatic rings. The van der Waals surface area contributed by atoms with Crippen LogP contribution in [0.3, 0.4) is 0 Å². The summed E-state index contributed by atoms with van der Waals surface area (Å²) in [7, 11) is 0. The van der Waals surface area contributed by atoms with Gasteiger partial charge in [0.25, 0.3) is 5.95 Å². The van der Waals surface area contributed by atoms with Crippen molar-refractivity contribution in [2.45, 2.75) is 45.6 Å². The lowest BCUT2D eigenvalue weighted by Gasteiger charge is -2.10. The van der Waals surface area contributed by atoms with Gasteiger partial charge in [-0.15, -0.1) is 5.11 Å². The molecule has 0 aliphatic carbocycles. The molecular formula is C13H21N7. The quantitative estimate of drug-likeness (QED) is 0.840. The molecular weight excluding hydrogens is 254 g/mol. The summed E-state index contributed by atoms with van der Waals surface area (Å²) in [5, 5.41) is 14.8. The molecule has 20 heavy (non-hydrogen) atoms. The van der Waals surface area contributed by atoms with Crippen molar-refractivity contribution in [2.24, 2.45) is 20.2 Å². The Morgan fingerprint density at radius 2 is 1.70 bits per heavy atom. The van der Waals surface area contributed by atoms with Gasteiger partial charge in [-0.2, -0.15) is 15.2 Å². The molecule has 0 spiro atoms. The molecule has 2 rings (SSSR count). The van der Waals surface area contributed by atoms with E-state index in [0.29, 0.717) is 5.95 Å². The third kappa shape index (κ3) is 4.32. The number of hydrogen-bond donors (Lipinski definition) is 1. The van der Waals surface area contributed by atoms with Gasteiger partial charge in [0.1, 0.15) is 12.4 Å². The Bertz CT molecular complexity index is 463. The van der Waals surface area contributed by atoms with Crippen molar-refractivity contribution >= 4 is 17.4 Å². The number of aromatic amines is 1. The topological polar surface area (TPSA) is 91.0 Å². The fourth-order valence-electron chi connectivity index (χ4n) is 2.09. The molecule has 1 aliphatic rings. The maximum Gasteiger partial charge on any atom is 0.264 e. The monoisotopic (exact) mass is 275 g/mol. The molecule has 1 N–H and O–H groups in total. The predicted octanol–water partition coefficient (Wildman–Crippen LogP) is 2.75. The summed E-state index contributed by atoms with van der Waals surface area (Å²) in [6.45, 7) is 5.68. The van der Waals surface area contributed by atoms with Gasteiger partial charge in [0.15, 0.2) is 0 Å². The molecule has 0 saturated carbocycles. The van der Waals surface area contributed by atoms with Crippen LogP contribution in [0, 0.1) is 0 Å². The number of nitrogens with one attached hydrogen (secondary N) is 1. The molecule has 1 aliphatic heterocycles. The lowest BCUT2D eigenvalue weighted by Crippen LogP contribution is -2.24. The second kappa shape index (κ2) is 7.62. The third-order valence-electron chi connectivity index (χ3n) is 3.25. The van der Waals surface area contributed by atoms with Gasteiger partial charge >= 0.3 is 0 Å². The van der Waals surface area contributed by atoms with E-state index in [4.69, 9.17) is 0 Å². The minimum Gasteiger partial charge on any atom is -0.292 e. The van der Waals surface area contributed by atoms with Gasteiger partial charge in [-0.25, -0.2) is 5.10 Å². The lowest BCUT2D eigenvalue weighted by atomic mass is 10.1. The molecule has 0 fully saturated rings. The minimum absolute atomic E-state index is 0.196. The maximum absolute atomic E-state index is 4.59. The normalized spacial score (nSPS) is 22.2. The summed E-state index contributed by atoms with van der Waals surface area (Å²) in [5.41, 5.74) is 1.91. The van der Waals surface area contributed by atoms with Crippen LogP contribution >= 0.6 is 0 Å². The van der Waals surface area contributed by atoms with Crippen LogP contribution in [-0.2, 0) is 0 Å². The van der Waals surface area contributed by atoms with Crippen LogP contribution in [0.25, 0.3) is 0 Å². The zero-order chi connectivity index (χ0) is 14.2. The van der Waals surface area contributed by atoms with Crippen LogP contribution in [0.2, 0.25) is 0 Å². The number of H-pyrrole nitrogens is 1. The molecule has 0 aromatic carbocycles. The fraction of sp³-hybridized carbons (Fsp3) is 0.692. The Hall–Kier alpha value is -1.92. The first-order valence-corrected chi connectivity index (χ1v) is 7.05. The summed E-state index contributed by atoms with van der Waals surface area (Å²) in [4.78, 5) is 13.1. The van der Waals surface area contributed by atoms with E-state index in [-0.39, 0.29) is 6.04 Å². The molecule has 0 atom stereocenters. The van der Waals surface area contributed by atoms with Crippen molar-refractivity contribution in [1.29, 1.82) is 0 Å². The highest BCUT2D eigenvalue weighted by molar-refractivity contribution is 6.09. The van der Waals surface area contributed by atoms with E-state index in [1.165, 1.54) is 19.2 Å². The van der Waals surface area contributed by atoms with Gasteiger partial charge in [-0.05, 0) is 26.7 Å². The zero-order valence-electron chi connectivity index (χ0n) is 12.1. The largest absolute Gasteiger partial charge is 0.292 e. The number of aliphatic imine (C=N–C) groups is 2. The summed E-state index contributed by atoms with van der Waals surface area (Å²) < 4.78 is 0. The molecule has 108 valence electrons. The summed E-state index contributed by atoms with van der Waals surface area (Å²) in [6.07, 6.45) is 6.10. The van der Waals surface area contributed by atoms with Crippen molar-refractivity contribution in [3.05, 3.63) is 6.33 Å². The van der Waals surface area contributed by atoms with Crippen LogP contribution in [0.1, 0.15) is 39.5 Å². The van der Waals surface area contributed by atoms with E-state index in [9.17, 15) is 0 Å². The molecule has 0 bridgehead atoms. The van der Waals surface area contributed by atoms with Gasteiger partial charge < -0.3 is 0 Å². The Balaban J connectivity index is 2.17. The van der Waals surface area contributed by atoms with Gasteiger partial charge in [0.05, 0.1) is 0 Å². The predicted molar refractivity (Wildman–Crippen MR) is 79.1 cm³/mol. The Kier molecular flexibility index (Phi) is 5.52. The van der Waals surface area contributed by atoms with Crippen molar-refractivity contribution in [1.82, 2.24) is 15.2 Å². The van der Waals surface area contributed by atoms with E-state index < -0.39 is 0 Å². The molecule has 0 amide bonds. The van der Waals surface area contributed by atoms with E-state index in [1.54, 1.807) is 0 Å². The van der Waals surface area contributed by atoms with Crippen molar-refractivity contribution in [3.8, 4) is 0 Å². The van der Waals surface area contributed by atoms with Crippen molar-refractivity contribution in [2.75, 3.05) is 13.1 Å². The Labute approximate surface area is 118 Å². The second-order valence-corrected chi connectivity index (χ2v) is 4.89. The van der Waals surface area contributed by atoms with E-state index >= 15 is 0 Å². The Morgan fingerprint density at radius 3 is 2.25 bits per heavy atom. The lowest BCUT2D eigenvalue weighted by molar-refractivity contribution is 0.655. The fourth-order valence-corrected chi connectivity index (χ4v) is 2.09. The smallest absolute Gasteiger partial charge is 0.264 e. The number of nitrogens with zero attached hydrogens (tertiary/aromatic N) is 6. The number of hydrogen-bond acceptors (Lipinski definition) is 6. The van der Waals surface area contributed by atoms with Crippen molar-refractivity contribution in [3.63, 3.8) is 0 Å². The molecule has 0 radical (unpaired) electrons. The Morgan fingerprint density at radius 1 is 1.05 bits per heavy atom. The van der Waals surface area contributed by atoms with Gasteiger partial charge in [0, 0.05) is 24.5 Å². The summed E-state index contributed by atoms with van der Waals surface area (Å²) >= 11 is 0. The van der Waals surface area contributed by atoms with E-state index in [2.05, 4.69) is 35.4 Å². The molecule has 2 heterocycles. The van der Waals surface area contributed by atoms with Crippen LogP contribution < -0.4 is 0 Å². The third-order valence-corrected chi connectivity index (χ3v) is 3.25. The number of rotatable bonds is 2. The number of azo groups is 1. The van der Waals surface area contributed by atoms with E-state index in [1.807, 2.05) is 13.8 Å². The van der Waals surface area contributed by atoms with Crippen LogP contribution in [0.15, 0.2) is 26.5 Å². The highest BCUT2D eigenvalue weighted by Crippen LogP contribution is 2.09. The highest BCUT2D eigenvalue weighted by atomic mass is 15.3. The van der Waals surface area contributed by atoms with Gasteiger partial charge in [-0.1, -0.05) is 12.8 Å². The molecule has 7 nitrogen and oxygen atoms in total. The average molecular weight is 275 g/mol. The molecule has 1 aromatic heterocycles. The average Bonchev–Trinajstić information content (AvgIpc) is 2.93. The molecule has 7 heteroatoms. The summed E-state index contributed by atoms with van der Waals surface area (Å²) in [6, 6.07) is -0.196. The SMILES string of the molecule is CC1=NCCCCCCN=C(C)C1N=Nc1ncn[nH]1. The standard InChI is InChI=1S/C13H21N7/c1-10-12(18-20-13-16-9-17-19-13)11(2)15-8-6-4-3-5-7-14-10/h9,12H,3-8H2,1-2H3,(H,16,17,19). The molecule has 0 unspecified atom stereocenters. The maximum atomic E-state index is 4.59. The van der Waals surface area contributed by atoms with Crippen LogP contribution in [0.5, 0.6) is 0 Å². The first-order chi connectivity index (χ1) is 9.77. The minimum atomic E-state index is -0.196. The zero-order valence-corrected chi connectivity index (χ0v) is 12.1. The first kappa shape index (κ1) is 14.5. The first-order valence-electron chi connectivity index (χ1n) is 7.05. The molecule has 0 saturated heterocycles. The van der Waals surface area contributed by atoms with Crippen molar-refractivity contribution < 1.29 is 0 Å². The highest BCUT2D eigenvalue weighted by Gasteiger charge is 2.15. The van der Waals surface area contributed by atoms with Crippen LogP contribution in [-0.4, -0.2) is 45.7 Å². The van der Waals surface area contributed by atoms with Gasteiger partial charge in [0.2, 0.25) is 0 Å². The van der Waals surface area contributed by atoms with Crippen LogP contribution in [0.4, 0.5) is 5.95 Å². The van der Waals surface area contributed by atoms with E-state index in [0.717, 1.165) is 37.4 Å². The number of aromatic nitrogens is 3. The summed E-state index contributed by atoms with van der Waals surface area (Å²) in [5.74, 6) is 0.403.